The van der Waals surface area contributed by atoms with Crippen molar-refractivity contribution < 1.29 is 0 Å². The number of nitrogens with zero attached hydrogens (tertiary/aromatic N) is 3. The Hall–Kier alpha value is -0.970. The van der Waals surface area contributed by atoms with Crippen LogP contribution in [0.2, 0.25) is 10.0 Å². The van der Waals surface area contributed by atoms with Gasteiger partial charge in [-0.3, -0.25) is 0 Å². The fraction of sp³-hybridized carbons (Fsp3) is 0. The van der Waals surface area contributed by atoms with Crippen LogP contribution < -0.4 is 0 Å². The fourth-order valence-corrected chi connectivity index (χ4v) is 1.98. The van der Waals surface area contributed by atoms with Crippen LogP contribution in [-0.2, 0) is 12.4 Å². The predicted octanol–water partition coefficient (Wildman–Crippen LogP) is 3.54. The smallest absolute Gasteiger partial charge is 0.102 e. The van der Waals surface area contributed by atoms with E-state index in [4.69, 9.17) is 23.2 Å². The first-order valence-electron chi connectivity index (χ1n) is 4.05. The summed E-state index contributed by atoms with van der Waals surface area (Å²) >= 11 is 16.7. The first-order chi connectivity index (χ1) is 7.22. The molecule has 1 heterocycles. The molecule has 0 spiro atoms. The maximum atomic E-state index is 6.05. The summed E-state index contributed by atoms with van der Waals surface area (Å²) in [7, 11) is 0. The van der Waals surface area contributed by atoms with E-state index < -0.39 is 0 Å². The third-order valence-electron chi connectivity index (χ3n) is 1.84. The minimum absolute atomic E-state index is 0.467. The molecule has 0 unspecified atom stereocenters. The normalized spacial score (nSPS) is 10.3. The molecule has 0 bridgehead atoms. The van der Waals surface area contributed by atoms with E-state index in [0.717, 1.165) is 0 Å². The molecule has 0 saturated heterocycles. The van der Waals surface area contributed by atoms with Crippen molar-refractivity contribution in [2.75, 3.05) is 0 Å². The Morgan fingerprint density at radius 3 is 2.40 bits per heavy atom. The number of aromatic nitrogens is 2. The van der Waals surface area contributed by atoms with Crippen LogP contribution in [0.4, 0.5) is 5.69 Å². The van der Waals surface area contributed by atoms with Gasteiger partial charge in [-0.1, -0.05) is 23.2 Å². The Morgan fingerprint density at radius 1 is 1.27 bits per heavy atom. The molecule has 0 radical (unpaired) electrons. The molecular weight excluding hydrogens is 253 g/mol. The summed E-state index contributed by atoms with van der Waals surface area (Å²) in [5.41, 5.74) is 1.20. The first-order valence-corrected chi connectivity index (χ1v) is 5.17. The zero-order valence-electron chi connectivity index (χ0n) is 7.39. The van der Waals surface area contributed by atoms with Gasteiger partial charge in [-0.15, -0.1) is 0 Å². The molecular formula is C9H5Cl2N3S. The second-order valence-corrected chi connectivity index (χ2v) is 3.80. The van der Waals surface area contributed by atoms with Gasteiger partial charge in [0.25, 0.3) is 0 Å². The van der Waals surface area contributed by atoms with Crippen molar-refractivity contribution in [2.24, 2.45) is 4.36 Å². The average molecular weight is 258 g/mol. The lowest BCUT2D eigenvalue weighted by molar-refractivity contribution is 0.881. The molecule has 2 aromatic rings. The number of rotatable bonds is 2. The SMILES string of the molecule is S=Nc1cc(Cl)c(-n2cccn2)c(Cl)c1. The highest BCUT2D eigenvalue weighted by atomic mass is 35.5. The Morgan fingerprint density at radius 2 is 1.93 bits per heavy atom. The number of halogens is 2. The third-order valence-corrected chi connectivity index (χ3v) is 2.63. The summed E-state index contributed by atoms with van der Waals surface area (Å²) in [4.78, 5) is 0. The van der Waals surface area contributed by atoms with Crippen LogP contribution in [0, 0.1) is 0 Å². The molecule has 76 valence electrons. The number of hydrogen-bond acceptors (Lipinski definition) is 3. The van der Waals surface area contributed by atoms with Gasteiger partial charge >= 0.3 is 0 Å². The van der Waals surface area contributed by atoms with Crippen LogP contribution >= 0.6 is 23.2 Å². The monoisotopic (exact) mass is 257 g/mol. The lowest BCUT2D eigenvalue weighted by Gasteiger charge is -2.07. The molecule has 1 aromatic carbocycles. The van der Waals surface area contributed by atoms with Gasteiger partial charge in [0.2, 0.25) is 0 Å². The van der Waals surface area contributed by atoms with Gasteiger partial charge in [0.05, 0.1) is 15.7 Å². The maximum Gasteiger partial charge on any atom is 0.102 e. The number of benzene rings is 1. The van der Waals surface area contributed by atoms with Gasteiger partial charge < -0.3 is 0 Å². The van der Waals surface area contributed by atoms with E-state index in [2.05, 4.69) is 21.9 Å². The van der Waals surface area contributed by atoms with E-state index in [-0.39, 0.29) is 0 Å². The Bertz CT molecular complexity index is 473. The quantitative estimate of drug-likeness (QED) is 0.824. The molecule has 0 N–H and O–H groups in total. The molecule has 2 rings (SSSR count). The van der Waals surface area contributed by atoms with E-state index in [1.54, 1.807) is 35.3 Å². The topological polar surface area (TPSA) is 30.2 Å². The lowest BCUT2D eigenvalue weighted by atomic mass is 10.3. The molecule has 1 aromatic heterocycles. The van der Waals surface area contributed by atoms with Crippen LogP contribution in [0.1, 0.15) is 0 Å². The molecule has 0 saturated carbocycles. The molecule has 0 fully saturated rings. The van der Waals surface area contributed by atoms with Crippen LogP contribution in [0.3, 0.4) is 0 Å². The summed E-state index contributed by atoms with van der Waals surface area (Å²) in [5, 5.41) is 4.99. The Kier molecular flexibility index (Phi) is 3.00. The summed E-state index contributed by atoms with van der Waals surface area (Å²) in [6.07, 6.45) is 3.41. The van der Waals surface area contributed by atoms with Gasteiger partial charge in [0, 0.05) is 24.8 Å². The molecule has 6 heteroatoms. The summed E-state index contributed by atoms with van der Waals surface area (Å²) in [6, 6.07) is 5.09. The summed E-state index contributed by atoms with van der Waals surface area (Å²) < 4.78 is 5.19. The Balaban J connectivity index is 2.63. The van der Waals surface area contributed by atoms with Crippen molar-refractivity contribution in [2.45, 2.75) is 0 Å². The average Bonchev–Trinajstić information content (AvgIpc) is 2.69. The van der Waals surface area contributed by atoms with Crippen molar-refractivity contribution in [1.29, 1.82) is 0 Å². The van der Waals surface area contributed by atoms with Crippen molar-refractivity contribution >= 4 is 41.3 Å². The van der Waals surface area contributed by atoms with Gasteiger partial charge in [0.15, 0.2) is 0 Å². The third kappa shape index (κ3) is 2.02. The van der Waals surface area contributed by atoms with E-state index in [1.807, 2.05) is 0 Å². The molecule has 0 atom stereocenters. The molecule has 15 heavy (non-hydrogen) atoms. The van der Waals surface area contributed by atoms with E-state index in [1.165, 1.54) is 0 Å². The van der Waals surface area contributed by atoms with Crippen LogP contribution in [0.15, 0.2) is 35.0 Å². The highest BCUT2D eigenvalue weighted by molar-refractivity contribution is 7.47. The standard InChI is InChI=1S/C9H5Cl2N3S/c10-7-4-6(13-15)5-8(11)9(7)14-3-1-2-12-14/h1-5H. The highest BCUT2D eigenvalue weighted by Gasteiger charge is 2.10. The van der Waals surface area contributed by atoms with E-state index in [0.29, 0.717) is 21.4 Å². The van der Waals surface area contributed by atoms with Crippen LogP contribution in [0.5, 0.6) is 0 Å². The Labute approximate surface area is 102 Å². The molecule has 0 aliphatic heterocycles. The first kappa shape index (κ1) is 10.5. The van der Waals surface area contributed by atoms with Crippen LogP contribution in [0.25, 0.3) is 5.69 Å². The van der Waals surface area contributed by atoms with E-state index in [9.17, 15) is 0 Å². The largest absolute Gasteiger partial charge is 0.238 e. The minimum atomic E-state index is 0.467. The molecule has 3 nitrogen and oxygen atoms in total. The van der Waals surface area contributed by atoms with Gasteiger partial charge in [-0.25, -0.2) is 4.68 Å². The number of hydrogen-bond donors (Lipinski definition) is 0. The van der Waals surface area contributed by atoms with Crippen LogP contribution in [-0.4, -0.2) is 9.78 Å². The molecule has 0 aliphatic carbocycles. The maximum absolute atomic E-state index is 6.05. The van der Waals surface area contributed by atoms with Gasteiger partial charge in [0.1, 0.15) is 5.69 Å². The van der Waals surface area contributed by atoms with Crippen molar-refractivity contribution in [3.8, 4) is 5.69 Å². The zero-order chi connectivity index (χ0) is 10.8. The zero-order valence-corrected chi connectivity index (χ0v) is 9.72. The summed E-state index contributed by atoms with van der Waals surface area (Å²) in [6.45, 7) is 0. The van der Waals surface area contributed by atoms with Crippen molar-refractivity contribution in [1.82, 2.24) is 9.78 Å². The minimum Gasteiger partial charge on any atom is -0.238 e. The predicted molar refractivity (Wildman–Crippen MR) is 63.0 cm³/mol. The second-order valence-electron chi connectivity index (χ2n) is 2.80. The van der Waals surface area contributed by atoms with Gasteiger partial charge in [-0.2, -0.15) is 9.46 Å². The van der Waals surface area contributed by atoms with Crippen molar-refractivity contribution in [3.63, 3.8) is 0 Å². The highest BCUT2D eigenvalue weighted by Crippen LogP contribution is 2.32. The summed E-state index contributed by atoms with van der Waals surface area (Å²) in [5.74, 6) is 0. The second kappa shape index (κ2) is 4.26. The fourth-order valence-electron chi connectivity index (χ4n) is 1.22. The van der Waals surface area contributed by atoms with Crippen molar-refractivity contribution in [3.05, 3.63) is 40.6 Å². The van der Waals surface area contributed by atoms with Gasteiger partial charge in [-0.05, 0) is 18.2 Å². The van der Waals surface area contributed by atoms with E-state index >= 15 is 0 Å². The molecule has 0 amide bonds. The lowest BCUT2D eigenvalue weighted by Crippen LogP contribution is -1.96. The molecule has 0 aliphatic rings.